The second-order valence-corrected chi connectivity index (χ2v) is 6.08. The molecule has 0 spiro atoms. The fourth-order valence-corrected chi connectivity index (χ4v) is 2.61. The molecule has 3 aromatic rings. The van der Waals surface area contributed by atoms with Gasteiger partial charge in [0, 0.05) is 5.02 Å². The van der Waals surface area contributed by atoms with Gasteiger partial charge in [0.15, 0.2) is 0 Å². The van der Waals surface area contributed by atoms with Crippen LogP contribution in [0.15, 0.2) is 49.1 Å². The zero-order valence-electron chi connectivity index (χ0n) is 13.5. The Hall–Kier alpha value is -2.66. The van der Waals surface area contributed by atoms with Crippen LogP contribution in [0.5, 0.6) is 0 Å². The fraction of sp³-hybridized carbons (Fsp3) is 0.167. The molecule has 24 heavy (non-hydrogen) atoms. The summed E-state index contributed by atoms with van der Waals surface area (Å²) in [6.45, 7) is 4.09. The van der Waals surface area contributed by atoms with Gasteiger partial charge in [-0.15, -0.1) is 0 Å². The number of aryl methyl sites for hydroxylation is 2. The quantitative estimate of drug-likeness (QED) is 0.787. The highest BCUT2D eigenvalue weighted by atomic mass is 35.5. The van der Waals surface area contributed by atoms with Gasteiger partial charge < -0.3 is 5.32 Å². The van der Waals surface area contributed by atoms with E-state index in [9.17, 15) is 4.79 Å². The maximum absolute atomic E-state index is 12.4. The summed E-state index contributed by atoms with van der Waals surface area (Å²) >= 11 is 6.06. The van der Waals surface area contributed by atoms with Crippen molar-refractivity contribution in [2.45, 2.75) is 20.3 Å². The predicted molar refractivity (Wildman–Crippen MR) is 94.6 cm³/mol. The molecule has 3 rings (SSSR count). The Morgan fingerprint density at radius 3 is 2.71 bits per heavy atom. The van der Waals surface area contributed by atoms with E-state index in [1.54, 1.807) is 29.2 Å². The minimum absolute atomic E-state index is 0.109. The number of aromatic nitrogens is 3. The van der Waals surface area contributed by atoms with Gasteiger partial charge in [-0.2, -0.15) is 5.10 Å². The van der Waals surface area contributed by atoms with Gasteiger partial charge in [0.1, 0.15) is 12.7 Å². The molecule has 0 aliphatic carbocycles. The van der Waals surface area contributed by atoms with E-state index in [4.69, 9.17) is 11.6 Å². The number of benzene rings is 2. The third kappa shape index (κ3) is 3.63. The Morgan fingerprint density at radius 2 is 2.00 bits per heavy atom. The summed E-state index contributed by atoms with van der Waals surface area (Å²) in [6, 6.07) is 11.3. The van der Waals surface area contributed by atoms with Gasteiger partial charge in [-0.05, 0) is 48.7 Å². The summed E-state index contributed by atoms with van der Waals surface area (Å²) in [7, 11) is 0. The van der Waals surface area contributed by atoms with Crippen LogP contribution in [-0.4, -0.2) is 20.7 Å². The molecular formula is C18H17ClN4O. The Labute approximate surface area is 145 Å². The van der Waals surface area contributed by atoms with E-state index in [1.807, 2.05) is 25.1 Å². The first kappa shape index (κ1) is 16.2. The van der Waals surface area contributed by atoms with Crippen LogP contribution in [0.3, 0.4) is 0 Å². The highest BCUT2D eigenvalue weighted by molar-refractivity contribution is 6.31. The molecule has 122 valence electrons. The Balaban J connectivity index is 1.81. The molecule has 0 fully saturated rings. The average molecular weight is 341 g/mol. The van der Waals surface area contributed by atoms with Gasteiger partial charge in [-0.3, -0.25) is 4.79 Å². The molecule has 6 heteroatoms. The normalized spacial score (nSPS) is 10.6. The maximum atomic E-state index is 12.4. The van der Waals surface area contributed by atoms with Crippen molar-refractivity contribution in [2.24, 2.45) is 0 Å². The van der Waals surface area contributed by atoms with Gasteiger partial charge in [0.25, 0.3) is 0 Å². The largest absolute Gasteiger partial charge is 0.324 e. The number of carbonyl (C=O) groups is 1. The molecule has 0 unspecified atom stereocenters. The molecule has 0 bridgehead atoms. The van der Waals surface area contributed by atoms with Crippen molar-refractivity contribution in [1.29, 1.82) is 0 Å². The topological polar surface area (TPSA) is 59.8 Å². The molecule has 5 nitrogen and oxygen atoms in total. The van der Waals surface area contributed by atoms with E-state index in [2.05, 4.69) is 22.3 Å². The zero-order chi connectivity index (χ0) is 17.1. The SMILES string of the molecule is Cc1ccc(CC(=O)Nc2cc(Cl)ccc2-n2cncn2)cc1C. The summed E-state index contributed by atoms with van der Waals surface area (Å²) in [4.78, 5) is 16.3. The Bertz CT molecular complexity index is 875. The van der Waals surface area contributed by atoms with Crippen LogP contribution in [0.4, 0.5) is 5.69 Å². The maximum Gasteiger partial charge on any atom is 0.228 e. The second-order valence-electron chi connectivity index (χ2n) is 5.65. The predicted octanol–water partition coefficient (Wildman–Crippen LogP) is 3.72. The van der Waals surface area contributed by atoms with E-state index in [0.29, 0.717) is 22.8 Å². The van der Waals surface area contributed by atoms with Crippen LogP contribution < -0.4 is 5.32 Å². The number of anilines is 1. The number of rotatable bonds is 4. The molecule has 1 N–H and O–H groups in total. The van der Waals surface area contributed by atoms with Gasteiger partial charge in [0.2, 0.25) is 5.91 Å². The molecule has 0 atom stereocenters. The number of carbonyl (C=O) groups excluding carboxylic acids is 1. The number of nitrogens with one attached hydrogen (secondary N) is 1. The molecule has 0 saturated heterocycles. The van der Waals surface area contributed by atoms with Crippen LogP contribution >= 0.6 is 11.6 Å². The summed E-state index contributed by atoms with van der Waals surface area (Å²) in [5.74, 6) is -0.109. The monoisotopic (exact) mass is 340 g/mol. The molecule has 1 aromatic heterocycles. The standard InChI is InChI=1S/C18H17ClN4O/c1-12-3-4-14(7-13(12)2)8-18(24)22-16-9-15(19)5-6-17(16)23-11-20-10-21-23/h3-7,9-11H,8H2,1-2H3,(H,22,24). The molecule has 0 saturated carbocycles. The van der Waals surface area contributed by atoms with E-state index >= 15 is 0 Å². The molecule has 2 aromatic carbocycles. The minimum Gasteiger partial charge on any atom is -0.324 e. The van der Waals surface area contributed by atoms with Crippen LogP contribution in [0.25, 0.3) is 5.69 Å². The van der Waals surface area contributed by atoms with Gasteiger partial charge in [-0.1, -0.05) is 29.8 Å². The molecule has 1 heterocycles. The second kappa shape index (κ2) is 6.84. The van der Waals surface area contributed by atoms with Crippen molar-refractivity contribution in [2.75, 3.05) is 5.32 Å². The first-order chi connectivity index (χ1) is 11.5. The lowest BCUT2D eigenvalue weighted by Crippen LogP contribution is -2.16. The highest BCUT2D eigenvalue weighted by Crippen LogP contribution is 2.24. The van der Waals surface area contributed by atoms with Crippen LogP contribution in [0, 0.1) is 13.8 Å². The first-order valence-electron chi connectivity index (χ1n) is 7.53. The lowest BCUT2D eigenvalue weighted by molar-refractivity contribution is -0.115. The van der Waals surface area contributed by atoms with Crippen molar-refractivity contribution in [3.05, 3.63) is 70.8 Å². The molecule has 1 amide bonds. The van der Waals surface area contributed by atoms with Crippen LogP contribution in [0.1, 0.15) is 16.7 Å². The molecule has 0 aliphatic heterocycles. The van der Waals surface area contributed by atoms with Crippen LogP contribution in [-0.2, 0) is 11.2 Å². The lowest BCUT2D eigenvalue weighted by atomic mass is 10.0. The van der Waals surface area contributed by atoms with Crippen LogP contribution in [0.2, 0.25) is 5.02 Å². The Morgan fingerprint density at radius 1 is 1.17 bits per heavy atom. The minimum atomic E-state index is -0.109. The van der Waals surface area contributed by atoms with E-state index < -0.39 is 0 Å². The number of hydrogen-bond donors (Lipinski definition) is 1. The van der Waals surface area contributed by atoms with Crippen molar-refractivity contribution in [3.8, 4) is 5.69 Å². The average Bonchev–Trinajstić information content (AvgIpc) is 3.05. The number of halogens is 1. The summed E-state index contributed by atoms with van der Waals surface area (Å²) in [6.07, 6.45) is 3.31. The van der Waals surface area contributed by atoms with E-state index in [1.165, 1.54) is 17.5 Å². The van der Waals surface area contributed by atoms with Crippen molar-refractivity contribution >= 4 is 23.2 Å². The smallest absolute Gasteiger partial charge is 0.228 e. The van der Waals surface area contributed by atoms with Crippen molar-refractivity contribution in [1.82, 2.24) is 14.8 Å². The first-order valence-corrected chi connectivity index (χ1v) is 7.91. The summed E-state index contributed by atoms with van der Waals surface area (Å²) in [5.41, 5.74) is 4.67. The zero-order valence-corrected chi connectivity index (χ0v) is 14.2. The lowest BCUT2D eigenvalue weighted by Gasteiger charge is -2.12. The highest BCUT2D eigenvalue weighted by Gasteiger charge is 2.11. The number of hydrogen-bond acceptors (Lipinski definition) is 3. The number of amides is 1. The molecule has 0 aliphatic rings. The van der Waals surface area contributed by atoms with Crippen molar-refractivity contribution in [3.63, 3.8) is 0 Å². The van der Waals surface area contributed by atoms with Gasteiger partial charge in [0.05, 0.1) is 17.8 Å². The Kier molecular flexibility index (Phi) is 4.62. The van der Waals surface area contributed by atoms with E-state index in [0.717, 1.165) is 5.56 Å². The molecule has 0 radical (unpaired) electrons. The van der Waals surface area contributed by atoms with E-state index in [-0.39, 0.29) is 5.91 Å². The number of nitrogens with zero attached hydrogens (tertiary/aromatic N) is 3. The van der Waals surface area contributed by atoms with Gasteiger partial charge >= 0.3 is 0 Å². The summed E-state index contributed by atoms with van der Waals surface area (Å²) < 4.78 is 1.59. The fourth-order valence-electron chi connectivity index (χ4n) is 2.43. The van der Waals surface area contributed by atoms with Crippen molar-refractivity contribution < 1.29 is 4.79 Å². The third-order valence-corrected chi connectivity index (χ3v) is 4.07. The van der Waals surface area contributed by atoms with Gasteiger partial charge in [-0.25, -0.2) is 9.67 Å². The molecular weight excluding hydrogens is 324 g/mol. The summed E-state index contributed by atoms with van der Waals surface area (Å²) in [5, 5.41) is 7.55. The third-order valence-electron chi connectivity index (χ3n) is 3.83.